The number of sulfonamides is 1. The highest BCUT2D eigenvalue weighted by molar-refractivity contribution is 7.89. The third-order valence-corrected chi connectivity index (χ3v) is 9.38. The van der Waals surface area contributed by atoms with Crippen molar-refractivity contribution >= 4 is 16.1 Å². The van der Waals surface area contributed by atoms with Crippen LogP contribution < -0.4 is 0 Å². The molecule has 3 nitrogen and oxygen atoms in total. The van der Waals surface area contributed by atoms with E-state index >= 15 is 0 Å². The minimum absolute atomic E-state index is 0.294. The highest BCUT2D eigenvalue weighted by atomic mass is 32.2. The molecule has 0 spiro atoms. The van der Waals surface area contributed by atoms with Gasteiger partial charge in [0, 0.05) is 18.2 Å². The summed E-state index contributed by atoms with van der Waals surface area (Å²) in [5.74, 6) is 1.09. The molecular formula is C28H27NO2S. The highest BCUT2D eigenvalue weighted by Crippen LogP contribution is 2.55. The Labute approximate surface area is 190 Å². The summed E-state index contributed by atoms with van der Waals surface area (Å²) in [6.45, 7) is 2.58. The van der Waals surface area contributed by atoms with Gasteiger partial charge in [0.1, 0.15) is 0 Å². The van der Waals surface area contributed by atoms with Gasteiger partial charge in [-0.1, -0.05) is 72.6 Å². The second-order valence-electron chi connectivity index (χ2n) is 9.45. The van der Waals surface area contributed by atoms with Gasteiger partial charge < -0.3 is 0 Å². The molecule has 1 heterocycles. The first kappa shape index (κ1) is 19.8. The number of allylic oxidation sites excluding steroid dienone is 1. The minimum Gasteiger partial charge on any atom is -0.270 e. The van der Waals surface area contributed by atoms with Crippen LogP contribution in [0, 0.1) is 18.8 Å². The summed E-state index contributed by atoms with van der Waals surface area (Å²) in [6.07, 6.45) is 5.54. The van der Waals surface area contributed by atoms with Gasteiger partial charge in [0.05, 0.1) is 4.90 Å². The van der Waals surface area contributed by atoms with Crippen molar-refractivity contribution in [3.05, 3.63) is 95.2 Å². The van der Waals surface area contributed by atoms with Gasteiger partial charge in [0.25, 0.3) is 10.0 Å². The Morgan fingerprint density at radius 3 is 2.44 bits per heavy atom. The van der Waals surface area contributed by atoms with E-state index in [-0.39, 0.29) is 0 Å². The van der Waals surface area contributed by atoms with E-state index < -0.39 is 10.0 Å². The predicted octanol–water partition coefficient (Wildman–Crippen LogP) is 6.22. The lowest BCUT2D eigenvalue weighted by Gasteiger charge is -2.38. The summed E-state index contributed by atoms with van der Waals surface area (Å²) in [5, 5.41) is 0. The molecule has 3 atom stereocenters. The van der Waals surface area contributed by atoms with Crippen LogP contribution in [-0.4, -0.2) is 19.3 Å². The Hall–Kier alpha value is -2.85. The number of hydrogen-bond acceptors (Lipinski definition) is 2. The van der Waals surface area contributed by atoms with E-state index in [1.54, 1.807) is 16.4 Å². The number of fused-ring (bicyclic) bond motifs is 2. The van der Waals surface area contributed by atoms with Crippen LogP contribution in [0.4, 0.5) is 0 Å². The average Bonchev–Trinajstić information content (AvgIpc) is 3.20. The van der Waals surface area contributed by atoms with Crippen molar-refractivity contribution in [3.63, 3.8) is 0 Å². The van der Waals surface area contributed by atoms with E-state index in [0.29, 0.717) is 29.2 Å². The highest BCUT2D eigenvalue weighted by Gasteiger charge is 2.49. The maximum absolute atomic E-state index is 13.6. The first-order chi connectivity index (χ1) is 15.5. The summed E-state index contributed by atoms with van der Waals surface area (Å²) < 4.78 is 29.0. The summed E-state index contributed by atoms with van der Waals surface area (Å²) in [4.78, 5) is 0.393. The lowest BCUT2D eigenvalue weighted by atomic mass is 9.66. The van der Waals surface area contributed by atoms with Gasteiger partial charge in [0.2, 0.25) is 0 Å². The maximum atomic E-state index is 13.6. The topological polar surface area (TPSA) is 37.4 Å². The lowest BCUT2D eigenvalue weighted by Crippen LogP contribution is -2.29. The Morgan fingerprint density at radius 1 is 0.875 bits per heavy atom. The van der Waals surface area contributed by atoms with Crippen LogP contribution in [0.2, 0.25) is 0 Å². The van der Waals surface area contributed by atoms with E-state index in [0.717, 1.165) is 30.5 Å². The zero-order valence-corrected chi connectivity index (χ0v) is 19.1. The molecule has 0 N–H and O–H groups in total. The molecule has 3 aromatic carbocycles. The van der Waals surface area contributed by atoms with Crippen LogP contribution in [0.1, 0.15) is 41.9 Å². The maximum Gasteiger partial charge on any atom is 0.264 e. The number of benzene rings is 3. The van der Waals surface area contributed by atoms with Gasteiger partial charge in [-0.2, -0.15) is 0 Å². The SMILES string of the molecule is Cc1ccc(S(=O)(=O)N2C[C@H]3CCC[C@H]4c5cc(-c6ccccc6)ccc5C=C2[C@@H]34)cc1. The van der Waals surface area contributed by atoms with Gasteiger partial charge in [-0.25, -0.2) is 8.42 Å². The van der Waals surface area contributed by atoms with E-state index in [1.165, 1.54) is 22.3 Å². The van der Waals surface area contributed by atoms with Crippen molar-refractivity contribution in [2.45, 2.75) is 37.0 Å². The van der Waals surface area contributed by atoms with Crippen LogP contribution >= 0.6 is 0 Å². The molecular weight excluding hydrogens is 414 g/mol. The van der Waals surface area contributed by atoms with Crippen molar-refractivity contribution in [1.29, 1.82) is 0 Å². The Kier molecular flexibility index (Phi) is 4.55. The fourth-order valence-corrected chi connectivity index (χ4v) is 7.59. The number of nitrogens with zero attached hydrogens (tertiary/aromatic N) is 1. The molecule has 0 unspecified atom stereocenters. The predicted molar refractivity (Wildman–Crippen MR) is 128 cm³/mol. The molecule has 1 aliphatic heterocycles. The third kappa shape index (κ3) is 3.04. The van der Waals surface area contributed by atoms with E-state index in [9.17, 15) is 8.42 Å². The molecule has 0 amide bonds. The van der Waals surface area contributed by atoms with Crippen LogP contribution in [-0.2, 0) is 10.0 Å². The summed E-state index contributed by atoms with van der Waals surface area (Å²) >= 11 is 0. The fourth-order valence-electron chi connectivity index (χ4n) is 6.01. The number of hydrogen-bond donors (Lipinski definition) is 0. The van der Waals surface area contributed by atoms with Crippen molar-refractivity contribution < 1.29 is 8.42 Å². The van der Waals surface area contributed by atoms with Crippen LogP contribution in [0.25, 0.3) is 17.2 Å². The zero-order valence-electron chi connectivity index (χ0n) is 18.2. The van der Waals surface area contributed by atoms with Crippen molar-refractivity contribution in [3.8, 4) is 11.1 Å². The van der Waals surface area contributed by atoms with Crippen LogP contribution in [0.3, 0.4) is 0 Å². The van der Waals surface area contributed by atoms with Crippen LogP contribution in [0.15, 0.2) is 83.4 Å². The first-order valence-electron chi connectivity index (χ1n) is 11.5. The molecule has 32 heavy (non-hydrogen) atoms. The number of rotatable bonds is 3. The van der Waals surface area contributed by atoms with Crippen LogP contribution in [0.5, 0.6) is 0 Å². The standard InChI is InChI=1S/C28H27NO2S/c1-19-10-14-24(15-11-19)32(30,31)29-18-23-8-5-9-25-26-16-21(20-6-3-2-4-7-20)12-13-22(26)17-27(29)28(23)25/h2-4,6-7,10-17,23,25,28H,5,8-9,18H2,1H3/t23-,25+,28+/m1/s1. The van der Waals surface area contributed by atoms with Gasteiger partial charge in [-0.05, 0) is 72.1 Å². The van der Waals surface area contributed by atoms with Crippen molar-refractivity contribution in [2.24, 2.45) is 11.8 Å². The van der Waals surface area contributed by atoms with Crippen molar-refractivity contribution in [2.75, 3.05) is 6.54 Å². The summed E-state index contributed by atoms with van der Waals surface area (Å²) in [7, 11) is -3.55. The molecule has 0 radical (unpaired) electrons. The smallest absolute Gasteiger partial charge is 0.264 e. The second kappa shape index (κ2) is 7.35. The summed E-state index contributed by atoms with van der Waals surface area (Å²) in [5.41, 5.74) is 7.10. The molecule has 3 aromatic rings. The second-order valence-corrected chi connectivity index (χ2v) is 11.3. The molecule has 2 aliphatic carbocycles. The zero-order chi connectivity index (χ0) is 21.9. The van der Waals surface area contributed by atoms with Gasteiger partial charge in [0.15, 0.2) is 0 Å². The molecule has 2 fully saturated rings. The normalized spacial score (nSPS) is 24.0. The van der Waals surface area contributed by atoms with Gasteiger partial charge >= 0.3 is 0 Å². The van der Waals surface area contributed by atoms with E-state index in [4.69, 9.17) is 0 Å². The van der Waals surface area contributed by atoms with Gasteiger partial charge in [-0.3, -0.25) is 4.31 Å². The molecule has 1 saturated carbocycles. The average molecular weight is 442 g/mol. The van der Waals surface area contributed by atoms with Gasteiger partial charge in [-0.15, -0.1) is 0 Å². The summed E-state index contributed by atoms with van der Waals surface area (Å²) in [6, 6.07) is 24.5. The number of aryl methyl sites for hydroxylation is 1. The monoisotopic (exact) mass is 441 g/mol. The molecule has 4 heteroatoms. The molecule has 0 aromatic heterocycles. The van der Waals surface area contributed by atoms with E-state index in [2.05, 4.69) is 48.5 Å². The lowest BCUT2D eigenvalue weighted by molar-refractivity contribution is 0.273. The molecule has 162 valence electrons. The Balaban J connectivity index is 1.45. The minimum atomic E-state index is -3.55. The van der Waals surface area contributed by atoms with E-state index in [1.807, 2.05) is 25.1 Å². The largest absolute Gasteiger partial charge is 0.270 e. The molecule has 0 bridgehead atoms. The third-order valence-electron chi connectivity index (χ3n) is 7.57. The quantitative estimate of drug-likeness (QED) is 0.484. The van der Waals surface area contributed by atoms with Crippen molar-refractivity contribution in [1.82, 2.24) is 4.31 Å². The Morgan fingerprint density at radius 2 is 1.66 bits per heavy atom. The molecule has 6 rings (SSSR count). The fraction of sp³-hybridized carbons (Fsp3) is 0.286. The molecule has 1 saturated heterocycles. The molecule has 3 aliphatic rings. The first-order valence-corrected chi connectivity index (χ1v) is 13.0. The Bertz CT molecular complexity index is 1310.